The minimum atomic E-state index is -0.985. The largest absolute Gasteiger partial charge is 0.478 e. The van der Waals surface area contributed by atoms with Gasteiger partial charge in [-0.2, -0.15) is 11.3 Å². The number of aromatic nitrogens is 1. The van der Waals surface area contributed by atoms with E-state index in [0.29, 0.717) is 5.69 Å². The van der Waals surface area contributed by atoms with Crippen LogP contribution in [-0.2, 0) is 0 Å². The van der Waals surface area contributed by atoms with Crippen molar-refractivity contribution < 1.29 is 9.90 Å². The molecule has 2 rings (SSSR count). The van der Waals surface area contributed by atoms with Gasteiger partial charge >= 0.3 is 5.97 Å². The second-order valence-electron chi connectivity index (χ2n) is 2.86. The molecule has 0 unspecified atom stereocenters. The van der Waals surface area contributed by atoms with Crippen molar-refractivity contribution in [2.75, 3.05) is 5.32 Å². The van der Waals surface area contributed by atoms with E-state index in [1.807, 2.05) is 16.8 Å². The molecule has 2 aromatic rings. The first-order valence-electron chi connectivity index (χ1n) is 4.24. The van der Waals surface area contributed by atoms with E-state index in [0.717, 1.165) is 5.69 Å². The van der Waals surface area contributed by atoms with E-state index in [1.54, 1.807) is 23.6 Å². The van der Waals surface area contributed by atoms with Crippen molar-refractivity contribution in [3.8, 4) is 0 Å². The molecule has 0 aliphatic heterocycles. The molecule has 0 radical (unpaired) electrons. The van der Waals surface area contributed by atoms with Gasteiger partial charge in [-0.3, -0.25) is 4.98 Å². The third-order valence-corrected chi connectivity index (χ3v) is 2.53. The van der Waals surface area contributed by atoms with Gasteiger partial charge in [-0.1, -0.05) is 0 Å². The van der Waals surface area contributed by atoms with Gasteiger partial charge in [-0.15, -0.1) is 0 Å². The zero-order valence-corrected chi connectivity index (χ0v) is 8.49. The van der Waals surface area contributed by atoms with Crippen LogP contribution in [0.25, 0.3) is 0 Å². The Hall–Kier alpha value is -1.88. The zero-order chi connectivity index (χ0) is 10.7. The first-order chi connectivity index (χ1) is 7.27. The van der Waals surface area contributed by atoms with Crippen LogP contribution in [0.4, 0.5) is 11.4 Å². The highest BCUT2D eigenvalue weighted by Crippen LogP contribution is 2.21. The molecule has 0 saturated carbocycles. The third kappa shape index (κ3) is 2.13. The summed E-state index contributed by atoms with van der Waals surface area (Å²) in [5.74, 6) is -0.985. The molecule has 0 atom stereocenters. The molecule has 0 fully saturated rings. The molecule has 76 valence electrons. The number of carbonyl (C=O) groups is 1. The predicted octanol–water partition coefficient (Wildman–Crippen LogP) is 2.58. The van der Waals surface area contributed by atoms with E-state index in [9.17, 15) is 4.79 Å². The van der Waals surface area contributed by atoms with Gasteiger partial charge in [0.25, 0.3) is 0 Å². The second-order valence-corrected chi connectivity index (χ2v) is 3.64. The Balaban J connectivity index is 2.32. The highest BCUT2D eigenvalue weighted by molar-refractivity contribution is 7.08. The fourth-order valence-corrected chi connectivity index (χ4v) is 1.75. The molecule has 0 amide bonds. The van der Waals surface area contributed by atoms with Crippen LogP contribution in [0.1, 0.15) is 10.4 Å². The molecule has 0 saturated heterocycles. The summed E-state index contributed by atoms with van der Waals surface area (Å²) in [5.41, 5.74) is 1.60. The third-order valence-electron chi connectivity index (χ3n) is 1.85. The fourth-order valence-electron chi connectivity index (χ4n) is 1.16. The summed E-state index contributed by atoms with van der Waals surface area (Å²) in [6.45, 7) is 0. The monoisotopic (exact) mass is 220 g/mol. The molecule has 0 aliphatic carbocycles. The number of carboxylic acid groups (broad SMARTS) is 1. The van der Waals surface area contributed by atoms with Crippen LogP contribution >= 0.6 is 11.3 Å². The number of anilines is 2. The van der Waals surface area contributed by atoms with Gasteiger partial charge in [0.2, 0.25) is 0 Å². The van der Waals surface area contributed by atoms with Gasteiger partial charge in [-0.05, 0) is 17.5 Å². The van der Waals surface area contributed by atoms with E-state index in [-0.39, 0.29) is 5.56 Å². The summed E-state index contributed by atoms with van der Waals surface area (Å²) in [7, 11) is 0. The number of pyridine rings is 1. The topological polar surface area (TPSA) is 62.2 Å². The minimum absolute atomic E-state index is 0.170. The van der Waals surface area contributed by atoms with Gasteiger partial charge in [0.05, 0.1) is 5.69 Å². The molecule has 2 aromatic heterocycles. The van der Waals surface area contributed by atoms with Crippen molar-refractivity contribution in [1.82, 2.24) is 4.98 Å². The Kier molecular flexibility index (Phi) is 2.64. The van der Waals surface area contributed by atoms with Crippen LogP contribution in [-0.4, -0.2) is 16.1 Å². The summed E-state index contributed by atoms with van der Waals surface area (Å²) in [5, 5.41) is 15.8. The van der Waals surface area contributed by atoms with Crippen LogP contribution in [0.15, 0.2) is 35.3 Å². The van der Waals surface area contributed by atoms with E-state index in [2.05, 4.69) is 10.3 Å². The maximum Gasteiger partial charge on any atom is 0.339 e. The molecule has 15 heavy (non-hydrogen) atoms. The molecule has 0 bridgehead atoms. The molecule has 0 aliphatic rings. The number of rotatable bonds is 3. The number of hydrogen-bond acceptors (Lipinski definition) is 4. The Morgan fingerprint density at radius 3 is 3.00 bits per heavy atom. The van der Waals surface area contributed by atoms with E-state index < -0.39 is 5.97 Å². The van der Waals surface area contributed by atoms with Gasteiger partial charge in [0.1, 0.15) is 5.56 Å². The summed E-state index contributed by atoms with van der Waals surface area (Å²) in [6.07, 6.45) is 2.89. The smallest absolute Gasteiger partial charge is 0.339 e. The first-order valence-corrected chi connectivity index (χ1v) is 5.18. The SMILES string of the molecule is O=C(O)c1cnccc1Nc1ccsc1. The normalized spacial score (nSPS) is 9.87. The number of hydrogen-bond donors (Lipinski definition) is 2. The van der Waals surface area contributed by atoms with Crippen molar-refractivity contribution in [1.29, 1.82) is 0 Å². The standard InChI is InChI=1S/C10H8N2O2S/c13-10(14)8-5-11-3-1-9(8)12-7-2-4-15-6-7/h1-6H,(H,11,12)(H,13,14). The summed E-state index contributed by atoms with van der Waals surface area (Å²) in [6, 6.07) is 3.53. The van der Waals surface area contributed by atoms with Gasteiger partial charge in [0, 0.05) is 23.5 Å². The van der Waals surface area contributed by atoms with Crippen molar-refractivity contribution >= 4 is 28.7 Å². The maximum atomic E-state index is 10.9. The fraction of sp³-hybridized carbons (Fsp3) is 0. The van der Waals surface area contributed by atoms with Crippen LogP contribution in [0.3, 0.4) is 0 Å². The first kappa shape index (κ1) is 9.67. The summed E-state index contributed by atoms with van der Waals surface area (Å²) >= 11 is 1.55. The number of thiophene rings is 1. The van der Waals surface area contributed by atoms with Gasteiger partial charge in [-0.25, -0.2) is 4.79 Å². The van der Waals surface area contributed by atoms with Crippen molar-refractivity contribution in [3.63, 3.8) is 0 Å². The Bertz CT molecular complexity index is 468. The lowest BCUT2D eigenvalue weighted by atomic mass is 10.2. The average Bonchev–Trinajstić information content (AvgIpc) is 2.71. The molecule has 0 aromatic carbocycles. The number of aromatic carboxylic acids is 1. The molecule has 0 spiro atoms. The Morgan fingerprint density at radius 2 is 2.33 bits per heavy atom. The predicted molar refractivity (Wildman–Crippen MR) is 58.8 cm³/mol. The Labute approximate surface area is 90.2 Å². The zero-order valence-electron chi connectivity index (χ0n) is 7.68. The van der Waals surface area contributed by atoms with Crippen LogP contribution in [0, 0.1) is 0 Å². The molecule has 2 N–H and O–H groups in total. The van der Waals surface area contributed by atoms with E-state index >= 15 is 0 Å². The van der Waals surface area contributed by atoms with Crippen molar-refractivity contribution in [2.45, 2.75) is 0 Å². The summed E-state index contributed by atoms with van der Waals surface area (Å²) < 4.78 is 0. The second kappa shape index (κ2) is 4.10. The highest BCUT2D eigenvalue weighted by atomic mass is 32.1. The van der Waals surface area contributed by atoms with Crippen molar-refractivity contribution in [3.05, 3.63) is 40.8 Å². The van der Waals surface area contributed by atoms with Crippen LogP contribution in [0.2, 0.25) is 0 Å². The van der Waals surface area contributed by atoms with Crippen LogP contribution < -0.4 is 5.32 Å². The highest BCUT2D eigenvalue weighted by Gasteiger charge is 2.09. The number of nitrogens with zero attached hydrogens (tertiary/aromatic N) is 1. The van der Waals surface area contributed by atoms with Crippen LogP contribution in [0.5, 0.6) is 0 Å². The molecular formula is C10H8N2O2S. The molecule has 5 heteroatoms. The minimum Gasteiger partial charge on any atom is -0.478 e. The molecule has 4 nitrogen and oxygen atoms in total. The lowest BCUT2D eigenvalue weighted by molar-refractivity contribution is 0.0697. The lowest BCUT2D eigenvalue weighted by Gasteiger charge is -2.06. The molecule has 2 heterocycles. The van der Waals surface area contributed by atoms with Crippen molar-refractivity contribution in [2.24, 2.45) is 0 Å². The Morgan fingerprint density at radius 1 is 1.47 bits per heavy atom. The average molecular weight is 220 g/mol. The van der Waals surface area contributed by atoms with Gasteiger partial charge < -0.3 is 10.4 Å². The van der Waals surface area contributed by atoms with E-state index in [1.165, 1.54) is 6.20 Å². The quantitative estimate of drug-likeness (QED) is 0.834. The number of carboxylic acids is 1. The molecular weight excluding hydrogens is 212 g/mol. The lowest BCUT2D eigenvalue weighted by Crippen LogP contribution is -2.02. The maximum absolute atomic E-state index is 10.9. The van der Waals surface area contributed by atoms with E-state index in [4.69, 9.17) is 5.11 Å². The number of nitrogens with one attached hydrogen (secondary N) is 1. The summed E-state index contributed by atoms with van der Waals surface area (Å²) in [4.78, 5) is 14.7. The van der Waals surface area contributed by atoms with Gasteiger partial charge in [0.15, 0.2) is 0 Å².